The molecule has 0 aliphatic heterocycles. The second-order valence-electron chi connectivity index (χ2n) is 5.94. The van der Waals surface area contributed by atoms with Crippen LogP contribution in [0.2, 0.25) is 0 Å². The van der Waals surface area contributed by atoms with E-state index in [4.69, 9.17) is 0 Å². The Morgan fingerprint density at radius 1 is 1.58 bits per heavy atom. The quantitative estimate of drug-likeness (QED) is 0.801. The van der Waals surface area contributed by atoms with Gasteiger partial charge in [-0.3, -0.25) is 9.69 Å². The van der Waals surface area contributed by atoms with Crippen LogP contribution in [-0.2, 0) is 11.3 Å². The Bertz CT molecular complexity index is 458. The molecule has 1 atom stereocenters. The Labute approximate surface area is 114 Å². The van der Waals surface area contributed by atoms with Gasteiger partial charge in [-0.1, -0.05) is 32.9 Å². The first-order valence-electron chi connectivity index (χ1n) is 6.32. The topological polar surface area (TPSA) is 69.2 Å². The average Bonchev–Trinajstić information content (AvgIpc) is 2.61. The second kappa shape index (κ2) is 6.02. The molecule has 0 spiro atoms. The molecule has 1 rings (SSSR count). The minimum atomic E-state index is -0.855. The molecule has 0 aliphatic carbocycles. The van der Waals surface area contributed by atoms with E-state index >= 15 is 0 Å². The lowest BCUT2D eigenvalue weighted by Crippen LogP contribution is -2.36. The molecule has 1 unspecified atom stereocenters. The summed E-state index contributed by atoms with van der Waals surface area (Å²) in [6.45, 7) is 8.51. The van der Waals surface area contributed by atoms with Crippen LogP contribution in [0.1, 0.15) is 32.3 Å². The van der Waals surface area contributed by atoms with Crippen LogP contribution in [0, 0.1) is 12.3 Å². The Kier molecular flexibility index (Phi) is 4.89. The third kappa shape index (κ3) is 5.26. The van der Waals surface area contributed by atoms with Crippen molar-refractivity contribution in [2.45, 2.75) is 40.3 Å². The average molecular weight is 265 g/mol. The number of rotatable bonds is 5. The highest BCUT2D eigenvalue weighted by atomic mass is 16.4. The molecule has 1 aromatic heterocycles. The summed E-state index contributed by atoms with van der Waals surface area (Å²) in [5.41, 5.74) is 0.941. The Morgan fingerprint density at radius 2 is 2.21 bits per heavy atom. The Hall–Kier alpha value is -1.62. The monoisotopic (exact) mass is 265 g/mol. The van der Waals surface area contributed by atoms with Gasteiger partial charge in [-0.15, -0.1) is 0 Å². The number of hydrogen-bond acceptors (Lipinski definition) is 3. The third-order valence-electron chi connectivity index (χ3n) is 2.66. The van der Waals surface area contributed by atoms with E-state index in [0.29, 0.717) is 6.54 Å². The molecule has 5 heteroatoms. The summed E-state index contributed by atoms with van der Waals surface area (Å²) in [7, 11) is 1.78. The number of nitrogens with one attached hydrogen (secondary N) is 1. The first kappa shape index (κ1) is 15.4. The van der Waals surface area contributed by atoms with E-state index in [1.54, 1.807) is 24.2 Å². The van der Waals surface area contributed by atoms with E-state index in [2.05, 4.69) is 9.97 Å². The molecule has 0 amide bonds. The zero-order valence-corrected chi connectivity index (χ0v) is 12.3. The molecular weight excluding hydrogens is 242 g/mol. The molecule has 5 nitrogen and oxygen atoms in total. The fraction of sp³-hybridized carbons (Fsp3) is 0.571. The van der Waals surface area contributed by atoms with Crippen LogP contribution in [0.15, 0.2) is 18.3 Å². The summed E-state index contributed by atoms with van der Waals surface area (Å²) in [6.07, 6.45) is 5.40. The van der Waals surface area contributed by atoms with E-state index < -0.39 is 12.0 Å². The Balaban J connectivity index is 2.76. The first-order valence-corrected chi connectivity index (χ1v) is 6.32. The second-order valence-corrected chi connectivity index (χ2v) is 5.94. The molecule has 2 N–H and O–H groups in total. The molecule has 1 heterocycles. The number of nitrogens with zero attached hydrogens (tertiary/aromatic N) is 2. The van der Waals surface area contributed by atoms with Crippen LogP contribution in [0.4, 0.5) is 0 Å². The van der Waals surface area contributed by atoms with Gasteiger partial charge in [-0.05, 0) is 19.4 Å². The Morgan fingerprint density at radius 3 is 2.63 bits per heavy atom. The molecule has 0 bridgehead atoms. The zero-order chi connectivity index (χ0) is 14.6. The minimum absolute atomic E-state index is 0.0319. The predicted molar refractivity (Wildman–Crippen MR) is 74.8 cm³/mol. The van der Waals surface area contributed by atoms with Crippen LogP contribution < -0.4 is 0 Å². The fourth-order valence-electron chi connectivity index (χ4n) is 1.68. The summed E-state index contributed by atoms with van der Waals surface area (Å²) in [4.78, 5) is 20.4. The zero-order valence-electron chi connectivity index (χ0n) is 12.3. The lowest BCUT2D eigenvalue weighted by molar-refractivity contribution is -0.141. The van der Waals surface area contributed by atoms with Gasteiger partial charge in [0, 0.05) is 11.9 Å². The number of carboxylic acid groups (broad SMARTS) is 1. The number of carbonyl (C=O) groups is 1. The van der Waals surface area contributed by atoms with Crippen molar-refractivity contribution in [2.24, 2.45) is 5.41 Å². The van der Waals surface area contributed by atoms with Gasteiger partial charge in [0.25, 0.3) is 0 Å². The van der Waals surface area contributed by atoms with Crippen LogP contribution >= 0.6 is 0 Å². The number of aryl methyl sites for hydroxylation is 1. The molecule has 0 radical (unpaired) electrons. The van der Waals surface area contributed by atoms with E-state index in [0.717, 1.165) is 11.5 Å². The van der Waals surface area contributed by atoms with Gasteiger partial charge in [0.1, 0.15) is 11.9 Å². The largest absolute Gasteiger partial charge is 0.480 e. The molecular formula is C14H23N3O2. The summed E-state index contributed by atoms with van der Waals surface area (Å²) in [5, 5.41) is 9.30. The number of likely N-dealkylation sites (N-methyl/N-ethyl adjacent to an activating group) is 1. The van der Waals surface area contributed by atoms with Crippen molar-refractivity contribution in [3.05, 3.63) is 29.9 Å². The van der Waals surface area contributed by atoms with Gasteiger partial charge < -0.3 is 10.1 Å². The number of imidazole rings is 1. The number of aromatic amines is 1. The molecule has 19 heavy (non-hydrogen) atoms. The summed E-state index contributed by atoms with van der Waals surface area (Å²) < 4.78 is 0. The molecule has 0 saturated heterocycles. The number of aliphatic carboxylic acids is 1. The number of aromatic nitrogens is 2. The highest BCUT2D eigenvalue weighted by molar-refractivity contribution is 5.75. The standard InChI is InChI=1S/C14H23N3O2/c1-10-8-15-12(16-10)9-17(5)11(13(18)19)6-7-14(2,3)4/h6-8,11H,9H2,1-5H3,(H,15,16)(H,18,19). The van der Waals surface area contributed by atoms with Crippen LogP contribution in [0.5, 0.6) is 0 Å². The predicted octanol–water partition coefficient (Wildman–Crippen LogP) is 2.21. The third-order valence-corrected chi connectivity index (χ3v) is 2.66. The van der Waals surface area contributed by atoms with Crippen molar-refractivity contribution in [1.82, 2.24) is 14.9 Å². The van der Waals surface area contributed by atoms with Crippen LogP contribution in [0.3, 0.4) is 0 Å². The van der Waals surface area contributed by atoms with Crippen molar-refractivity contribution >= 4 is 5.97 Å². The lowest BCUT2D eigenvalue weighted by Gasteiger charge is -2.22. The fourth-order valence-corrected chi connectivity index (χ4v) is 1.68. The number of allylic oxidation sites excluding steroid dienone is 1. The van der Waals surface area contributed by atoms with Gasteiger partial charge in [-0.25, -0.2) is 4.98 Å². The smallest absolute Gasteiger partial charge is 0.324 e. The molecule has 0 aliphatic rings. The molecule has 0 saturated carbocycles. The van der Waals surface area contributed by atoms with Crippen LogP contribution in [0.25, 0.3) is 0 Å². The van der Waals surface area contributed by atoms with Gasteiger partial charge in [-0.2, -0.15) is 0 Å². The number of H-pyrrole nitrogens is 1. The molecule has 106 valence electrons. The summed E-state index contributed by atoms with van der Waals surface area (Å²) >= 11 is 0. The van der Waals surface area contributed by atoms with Crippen molar-refractivity contribution in [2.75, 3.05) is 7.05 Å². The van der Waals surface area contributed by atoms with Gasteiger partial charge in [0.05, 0.1) is 6.54 Å². The van der Waals surface area contributed by atoms with Gasteiger partial charge in [0.2, 0.25) is 0 Å². The van der Waals surface area contributed by atoms with E-state index in [1.165, 1.54) is 0 Å². The van der Waals surface area contributed by atoms with Crippen molar-refractivity contribution in [3.8, 4) is 0 Å². The van der Waals surface area contributed by atoms with Crippen LogP contribution in [-0.4, -0.2) is 39.0 Å². The molecule has 0 aromatic carbocycles. The maximum Gasteiger partial charge on any atom is 0.324 e. The van der Waals surface area contributed by atoms with Crippen molar-refractivity contribution < 1.29 is 9.90 Å². The molecule has 0 fully saturated rings. The van der Waals surface area contributed by atoms with Gasteiger partial charge >= 0.3 is 5.97 Å². The highest BCUT2D eigenvalue weighted by Gasteiger charge is 2.21. The summed E-state index contributed by atoms with van der Waals surface area (Å²) in [6, 6.07) is -0.648. The normalized spacial score (nSPS) is 14.2. The molecule has 1 aromatic rings. The van der Waals surface area contributed by atoms with E-state index in [1.807, 2.05) is 33.8 Å². The maximum absolute atomic E-state index is 11.3. The lowest BCUT2D eigenvalue weighted by atomic mass is 9.95. The van der Waals surface area contributed by atoms with E-state index in [-0.39, 0.29) is 5.41 Å². The highest BCUT2D eigenvalue weighted by Crippen LogP contribution is 2.16. The van der Waals surface area contributed by atoms with E-state index in [9.17, 15) is 9.90 Å². The first-order chi connectivity index (χ1) is 8.69. The van der Waals surface area contributed by atoms with Crippen molar-refractivity contribution in [3.63, 3.8) is 0 Å². The summed E-state index contributed by atoms with van der Waals surface area (Å²) in [5.74, 6) is -0.0818. The number of hydrogen-bond donors (Lipinski definition) is 2. The SMILES string of the molecule is Cc1cnc(CN(C)C(C=CC(C)(C)C)C(=O)O)[nH]1. The number of carboxylic acids is 1. The van der Waals surface area contributed by atoms with Crippen molar-refractivity contribution in [1.29, 1.82) is 0 Å². The maximum atomic E-state index is 11.3. The minimum Gasteiger partial charge on any atom is -0.480 e. The van der Waals surface area contributed by atoms with Gasteiger partial charge in [0.15, 0.2) is 0 Å².